The normalized spacial score (nSPS) is 11.8. The molecule has 2 rings (SSSR count). The summed E-state index contributed by atoms with van der Waals surface area (Å²) in [5, 5.41) is 6.06. The Kier molecular flexibility index (Phi) is 5.55. The molecule has 0 aliphatic heterocycles. The number of nitrogens with one attached hydrogen (secondary N) is 2. The average molecular weight is 297 g/mol. The van der Waals surface area contributed by atoms with Crippen molar-refractivity contribution in [2.45, 2.75) is 19.9 Å². The Morgan fingerprint density at radius 1 is 1.05 bits per heavy atom. The molecule has 1 unspecified atom stereocenters. The maximum atomic E-state index is 11.9. The first-order valence-electron chi connectivity index (χ1n) is 7.45. The minimum atomic E-state index is -0.189. The standard InChI is InChI=1S/C18H23N3O/c1-13-7-6-8-14(2)18(13)21-12-17(22)20-11-16(19)15-9-4-3-5-10-15/h3-10,16,21H,11-12,19H2,1-2H3,(H,20,22). The van der Waals surface area contributed by atoms with Crippen molar-refractivity contribution in [2.75, 3.05) is 18.4 Å². The highest BCUT2D eigenvalue weighted by Gasteiger charge is 2.08. The number of hydrogen-bond acceptors (Lipinski definition) is 3. The molecule has 2 aromatic carbocycles. The molecule has 22 heavy (non-hydrogen) atoms. The van der Waals surface area contributed by atoms with Crippen LogP contribution in [0.5, 0.6) is 0 Å². The molecular formula is C18H23N3O. The second-order valence-electron chi connectivity index (χ2n) is 5.44. The Balaban J connectivity index is 1.81. The largest absolute Gasteiger partial charge is 0.376 e. The SMILES string of the molecule is Cc1cccc(C)c1NCC(=O)NCC(N)c1ccccc1. The number of para-hydroxylation sites is 1. The van der Waals surface area contributed by atoms with Gasteiger partial charge in [0, 0.05) is 18.3 Å². The van der Waals surface area contributed by atoms with Gasteiger partial charge in [0.2, 0.25) is 5.91 Å². The highest BCUT2D eigenvalue weighted by molar-refractivity contribution is 5.81. The van der Waals surface area contributed by atoms with E-state index in [0.29, 0.717) is 6.54 Å². The Labute approximate surface area is 131 Å². The maximum Gasteiger partial charge on any atom is 0.239 e. The minimum Gasteiger partial charge on any atom is -0.376 e. The van der Waals surface area contributed by atoms with E-state index in [1.54, 1.807) is 0 Å². The zero-order valence-electron chi connectivity index (χ0n) is 13.1. The number of amides is 1. The monoisotopic (exact) mass is 297 g/mol. The van der Waals surface area contributed by atoms with Crippen molar-refractivity contribution in [1.29, 1.82) is 0 Å². The van der Waals surface area contributed by atoms with Crippen molar-refractivity contribution in [1.82, 2.24) is 5.32 Å². The van der Waals surface area contributed by atoms with Crippen LogP contribution >= 0.6 is 0 Å². The first-order valence-corrected chi connectivity index (χ1v) is 7.45. The fourth-order valence-electron chi connectivity index (χ4n) is 2.37. The zero-order valence-corrected chi connectivity index (χ0v) is 13.1. The summed E-state index contributed by atoms with van der Waals surface area (Å²) in [5.41, 5.74) is 10.4. The van der Waals surface area contributed by atoms with Crippen LogP contribution in [0.15, 0.2) is 48.5 Å². The quantitative estimate of drug-likeness (QED) is 0.767. The molecule has 0 saturated heterocycles. The fraction of sp³-hybridized carbons (Fsp3) is 0.278. The van der Waals surface area contributed by atoms with Crippen LogP contribution < -0.4 is 16.4 Å². The van der Waals surface area contributed by atoms with Crippen LogP contribution in [-0.2, 0) is 4.79 Å². The van der Waals surface area contributed by atoms with E-state index in [4.69, 9.17) is 5.73 Å². The third-order valence-electron chi connectivity index (χ3n) is 3.65. The number of aryl methyl sites for hydroxylation is 2. The Hall–Kier alpha value is -2.33. The van der Waals surface area contributed by atoms with Crippen LogP contribution in [0.2, 0.25) is 0 Å². The van der Waals surface area contributed by atoms with E-state index in [0.717, 1.165) is 22.4 Å². The molecule has 2 aromatic rings. The summed E-state index contributed by atoms with van der Waals surface area (Å²) >= 11 is 0. The number of anilines is 1. The molecule has 4 nitrogen and oxygen atoms in total. The number of carbonyl (C=O) groups excluding carboxylic acids is 1. The van der Waals surface area contributed by atoms with Gasteiger partial charge in [-0.1, -0.05) is 48.5 Å². The van der Waals surface area contributed by atoms with Gasteiger partial charge in [-0.15, -0.1) is 0 Å². The lowest BCUT2D eigenvalue weighted by Gasteiger charge is -2.15. The molecule has 0 spiro atoms. The molecule has 4 N–H and O–H groups in total. The molecule has 0 aliphatic carbocycles. The summed E-state index contributed by atoms with van der Waals surface area (Å²) in [7, 11) is 0. The predicted molar refractivity (Wildman–Crippen MR) is 90.8 cm³/mol. The lowest BCUT2D eigenvalue weighted by molar-refractivity contribution is -0.119. The van der Waals surface area contributed by atoms with Crippen LogP contribution in [0.1, 0.15) is 22.7 Å². The third-order valence-corrected chi connectivity index (χ3v) is 3.65. The van der Waals surface area contributed by atoms with E-state index in [2.05, 4.69) is 10.6 Å². The van der Waals surface area contributed by atoms with Gasteiger partial charge >= 0.3 is 0 Å². The fourth-order valence-corrected chi connectivity index (χ4v) is 2.37. The van der Waals surface area contributed by atoms with Crippen molar-refractivity contribution in [3.63, 3.8) is 0 Å². The maximum absolute atomic E-state index is 11.9. The Morgan fingerprint density at radius 3 is 2.32 bits per heavy atom. The van der Waals surface area contributed by atoms with Crippen LogP contribution in [0, 0.1) is 13.8 Å². The smallest absolute Gasteiger partial charge is 0.239 e. The van der Waals surface area contributed by atoms with Crippen LogP contribution in [-0.4, -0.2) is 19.0 Å². The van der Waals surface area contributed by atoms with E-state index in [1.807, 2.05) is 62.4 Å². The molecular weight excluding hydrogens is 274 g/mol. The van der Waals surface area contributed by atoms with Gasteiger partial charge in [0.1, 0.15) is 0 Å². The van der Waals surface area contributed by atoms with E-state index >= 15 is 0 Å². The van der Waals surface area contributed by atoms with Crippen molar-refractivity contribution >= 4 is 11.6 Å². The van der Waals surface area contributed by atoms with E-state index in [9.17, 15) is 4.79 Å². The molecule has 0 heterocycles. The first-order chi connectivity index (χ1) is 10.6. The van der Waals surface area contributed by atoms with Crippen LogP contribution in [0.3, 0.4) is 0 Å². The van der Waals surface area contributed by atoms with Gasteiger partial charge in [-0.2, -0.15) is 0 Å². The van der Waals surface area contributed by atoms with Crippen molar-refractivity contribution < 1.29 is 4.79 Å². The van der Waals surface area contributed by atoms with Gasteiger partial charge in [-0.3, -0.25) is 4.79 Å². The highest BCUT2D eigenvalue weighted by atomic mass is 16.1. The topological polar surface area (TPSA) is 67.2 Å². The molecule has 0 fully saturated rings. The molecule has 0 aromatic heterocycles. The molecule has 116 valence electrons. The Morgan fingerprint density at radius 2 is 1.68 bits per heavy atom. The third kappa shape index (κ3) is 4.33. The molecule has 1 amide bonds. The molecule has 4 heteroatoms. The van der Waals surface area contributed by atoms with Crippen molar-refractivity contribution in [2.24, 2.45) is 5.73 Å². The molecule has 1 atom stereocenters. The van der Waals surface area contributed by atoms with Gasteiger partial charge in [-0.05, 0) is 30.5 Å². The van der Waals surface area contributed by atoms with Gasteiger partial charge in [0.25, 0.3) is 0 Å². The molecule has 0 bridgehead atoms. The van der Waals surface area contributed by atoms with E-state index < -0.39 is 0 Å². The number of benzene rings is 2. The van der Waals surface area contributed by atoms with Crippen LogP contribution in [0.4, 0.5) is 5.69 Å². The van der Waals surface area contributed by atoms with Gasteiger partial charge in [-0.25, -0.2) is 0 Å². The first kappa shape index (κ1) is 16.0. The van der Waals surface area contributed by atoms with E-state index in [-0.39, 0.29) is 18.5 Å². The zero-order chi connectivity index (χ0) is 15.9. The number of rotatable bonds is 6. The lowest BCUT2D eigenvalue weighted by Crippen LogP contribution is -2.35. The Bertz CT molecular complexity index is 605. The molecule has 0 radical (unpaired) electrons. The summed E-state index contributed by atoms with van der Waals surface area (Å²) in [6, 6.07) is 15.6. The van der Waals surface area contributed by atoms with Gasteiger partial charge < -0.3 is 16.4 Å². The van der Waals surface area contributed by atoms with E-state index in [1.165, 1.54) is 0 Å². The number of carbonyl (C=O) groups is 1. The summed E-state index contributed by atoms with van der Waals surface area (Å²) in [6.07, 6.45) is 0. The second-order valence-corrected chi connectivity index (χ2v) is 5.44. The predicted octanol–water partition coefficient (Wildman–Crippen LogP) is 2.53. The van der Waals surface area contributed by atoms with Crippen molar-refractivity contribution in [3.8, 4) is 0 Å². The second kappa shape index (κ2) is 7.61. The van der Waals surface area contributed by atoms with Gasteiger partial charge in [0.15, 0.2) is 0 Å². The molecule has 0 saturated carbocycles. The summed E-state index contributed by atoms with van der Waals surface area (Å²) in [5.74, 6) is -0.0611. The summed E-state index contributed by atoms with van der Waals surface area (Å²) < 4.78 is 0. The average Bonchev–Trinajstić information content (AvgIpc) is 2.53. The molecule has 0 aliphatic rings. The van der Waals surface area contributed by atoms with Crippen molar-refractivity contribution in [3.05, 3.63) is 65.2 Å². The lowest BCUT2D eigenvalue weighted by atomic mass is 10.1. The number of hydrogen-bond donors (Lipinski definition) is 3. The number of nitrogens with two attached hydrogens (primary N) is 1. The van der Waals surface area contributed by atoms with Crippen LogP contribution in [0.25, 0.3) is 0 Å². The minimum absolute atomic E-state index is 0.0611. The van der Waals surface area contributed by atoms with Gasteiger partial charge in [0.05, 0.1) is 6.54 Å². The summed E-state index contributed by atoms with van der Waals surface area (Å²) in [4.78, 5) is 11.9. The highest BCUT2D eigenvalue weighted by Crippen LogP contribution is 2.18. The summed E-state index contributed by atoms with van der Waals surface area (Å²) in [6.45, 7) is 4.72.